The molecule has 2 aromatic heterocycles. The van der Waals surface area contributed by atoms with Crippen molar-refractivity contribution in [3.05, 3.63) is 101 Å². The molecule has 0 saturated carbocycles. The number of benzene rings is 2. The van der Waals surface area contributed by atoms with Crippen molar-refractivity contribution in [2.45, 2.75) is 89.1 Å². The van der Waals surface area contributed by atoms with Crippen LogP contribution in [0.25, 0.3) is 11.3 Å². The van der Waals surface area contributed by atoms with Gasteiger partial charge in [0.15, 0.2) is 0 Å². The predicted octanol–water partition coefficient (Wildman–Crippen LogP) is 6.43. The quantitative estimate of drug-likeness (QED) is 0.0741. The molecule has 4 heterocycles. The minimum absolute atomic E-state index is 0.0394. The second-order valence-electron chi connectivity index (χ2n) is 16.4. The number of ether oxygens (including phenoxy) is 1. The van der Waals surface area contributed by atoms with Crippen LogP contribution in [-0.4, -0.2) is 113 Å². The van der Waals surface area contributed by atoms with Crippen LogP contribution in [-0.2, 0) is 22.5 Å². The fourth-order valence-corrected chi connectivity index (χ4v) is 7.88. The van der Waals surface area contributed by atoms with Gasteiger partial charge in [0, 0.05) is 72.9 Å². The lowest BCUT2D eigenvalue weighted by Crippen LogP contribution is -2.62. The van der Waals surface area contributed by atoms with Crippen molar-refractivity contribution in [3.8, 4) is 23.1 Å². The number of nitrogens with zero attached hydrogens (tertiary/aromatic N) is 5. The molecule has 350 valence electrons. The van der Waals surface area contributed by atoms with Gasteiger partial charge < -0.3 is 30.7 Å². The van der Waals surface area contributed by atoms with Gasteiger partial charge >= 0.3 is 18.8 Å². The number of fused-ring (bicyclic) bond motifs is 2. The number of halogens is 9. The van der Waals surface area contributed by atoms with Crippen LogP contribution in [0.5, 0.6) is 0 Å². The number of alkyl carbamates (subject to hydrolysis) is 1. The SMILES string of the molecule is COC(=O)NC(C(=O)N[C@@H](Cc1ccc(C#Cc2ccc(N3CC4CCC(C3)N4CC(F)F)nc2)cc1)[C@@H](O)CNCc1c(F)cc(-c2ccn(C(F)F)n2)cc1F)C(C)(C)C(F)(F)F. The molecule has 0 aliphatic carbocycles. The van der Waals surface area contributed by atoms with Crippen molar-refractivity contribution in [1.29, 1.82) is 0 Å². The molecule has 5 atom stereocenters. The maximum absolute atomic E-state index is 15.1. The number of aromatic nitrogens is 3. The number of alkyl halides is 7. The first-order valence-corrected chi connectivity index (χ1v) is 20.5. The van der Waals surface area contributed by atoms with Gasteiger partial charge in [-0.05, 0) is 81.1 Å². The van der Waals surface area contributed by atoms with Gasteiger partial charge in [-0.15, -0.1) is 0 Å². The monoisotopic (exact) mass is 922 g/mol. The van der Waals surface area contributed by atoms with Crippen LogP contribution in [0.3, 0.4) is 0 Å². The molecule has 65 heavy (non-hydrogen) atoms. The van der Waals surface area contributed by atoms with E-state index in [1.807, 2.05) is 16.3 Å². The van der Waals surface area contributed by atoms with Crippen LogP contribution in [0, 0.1) is 28.9 Å². The molecule has 0 radical (unpaired) electrons. The van der Waals surface area contributed by atoms with E-state index >= 15 is 8.78 Å². The number of pyridine rings is 1. The summed E-state index contributed by atoms with van der Waals surface area (Å²) in [5.74, 6) is 3.33. The van der Waals surface area contributed by atoms with Gasteiger partial charge in [0.1, 0.15) is 23.5 Å². The summed E-state index contributed by atoms with van der Waals surface area (Å²) >= 11 is 0. The smallest absolute Gasteiger partial charge is 0.407 e. The Balaban J connectivity index is 1.14. The molecular formula is C44H47F9N8O4. The average Bonchev–Trinajstić information content (AvgIpc) is 3.83. The zero-order valence-corrected chi connectivity index (χ0v) is 35.4. The normalized spacial score (nSPS) is 18.0. The van der Waals surface area contributed by atoms with Crippen LogP contribution in [0.2, 0.25) is 0 Å². The number of aliphatic hydroxyl groups is 1. The number of carbonyl (C=O) groups excluding carboxylic acids is 2. The predicted molar refractivity (Wildman–Crippen MR) is 220 cm³/mol. The lowest BCUT2D eigenvalue weighted by molar-refractivity contribution is -0.220. The Morgan fingerprint density at radius 3 is 2.11 bits per heavy atom. The number of aliphatic hydroxyl groups excluding tert-OH is 1. The van der Waals surface area contributed by atoms with Gasteiger partial charge in [0.05, 0.1) is 36.9 Å². The Morgan fingerprint density at radius 1 is 0.923 bits per heavy atom. The van der Waals surface area contributed by atoms with E-state index in [9.17, 15) is 45.4 Å². The third-order valence-electron chi connectivity index (χ3n) is 11.7. The third-order valence-corrected chi connectivity index (χ3v) is 11.7. The average molecular weight is 923 g/mol. The summed E-state index contributed by atoms with van der Waals surface area (Å²) < 4.78 is 130. The molecule has 2 saturated heterocycles. The number of anilines is 1. The molecule has 4 aromatic rings. The van der Waals surface area contributed by atoms with Gasteiger partial charge in [0.25, 0.3) is 6.43 Å². The molecule has 2 aliphatic rings. The lowest BCUT2D eigenvalue weighted by Gasteiger charge is -2.41. The van der Waals surface area contributed by atoms with E-state index in [1.54, 1.807) is 36.5 Å². The number of rotatable bonds is 16. The van der Waals surface area contributed by atoms with Crippen molar-refractivity contribution in [2.24, 2.45) is 5.41 Å². The van der Waals surface area contributed by atoms with Crippen LogP contribution in [0.1, 0.15) is 55.5 Å². The number of hydrogen-bond acceptors (Lipinski definition) is 9. The van der Waals surface area contributed by atoms with E-state index in [1.165, 1.54) is 0 Å². The fraction of sp³-hybridized carbons (Fsp3) is 0.455. The molecule has 21 heteroatoms. The maximum Gasteiger partial charge on any atom is 0.407 e. The van der Waals surface area contributed by atoms with Gasteiger partial charge in [0.2, 0.25) is 5.91 Å². The Labute approximate surface area is 368 Å². The molecular weight excluding hydrogens is 876 g/mol. The first-order chi connectivity index (χ1) is 30.7. The standard InChI is InChI=1S/C44H47F9N8O4/c1-43(2,44(51,52)53)39(57-42(64)65-3)40(63)56-35(36(62)21-54-20-31-32(45)17-28(18-33(31)46)34-14-15-61(58-34)41(49)50)16-26-7-4-25(5-8-26)6-9-27-10-13-38(55-19-27)59-22-29-11-12-30(23-59)60(29)24-37(47)48/h4-5,7-8,10,13-15,17-19,29-30,35-37,39,41,54,62H,11-12,16,20-24H2,1-3H3,(H,56,63)(H,57,64)/t29?,30?,35-,36-,39?/m0/s1. The fourth-order valence-electron chi connectivity index (χ4n) is 7.88. The van der Waals surface area contributed by atoms with Crippen LogP contribution < -0.4 is 20.9 Å². The van der Waals surface area contributed by atoms with Crippen molar-refractivity contribution in [3.63, 3.8) is 0 Å². The number of piperazine rings is 1. The second kappa shape index (κ2) is 20.5. The van der Waals surface area contributed by atoms with Gasteiger partial charge in [-0.25, -0.2) is 32.0 Å². The summed E-state index contributed by atoms with van der Waals surface area (Å²) in [5, 5.41) is 22.0. The third kappa shape index (κ3) is 11.9. The molecule has 2 bridgehead atoms. The Kier molecular flexibility index (Phi) is 15.4. The Bertz CT molecular complexity index is 2300. The largest absolute Gasteiger partial charge is 0.453 e. The lowest BCUT2D eigenvalue weighted by atomic mass is 9.82. The van der Waals surface area contributed by atoms with Crippen molar-refractivity contribution in [1.82, 2.24) is 35.6 Å². The van der Waals surface area contributed by atoms with Crippen LogP contribution >= 0.6 is 0 Å². The van der Waals surface area contributed by atoms with E-state index < -0.39 is 85.0 Å². The Hall–Kier alpha value is -5.85. The minimum Gasteiger partial charge on any atom is -0.453 e. The second-order valence-corrected chi connectivity index (χ2v) is 16.4. The van der Waals surface area contributed by atoms with Crippen molar-refractivity contribution in [2.75, 3.05) is 38.2 Å². The molecule has 2 aromatic carbocycles. The highest BCUT2D eigenvalue weighted by atomic mass is 19.4. The zero-order chi connectivity index (χ0) is 47.2. The highest BCUT2D eigenvalue weighted by molar-refractivity contribution is 5.87. The minimum atomic E-state index is -5.00. The summed E-state index contributed by atoms with van der Waals surface area (Å²) in [5.41, 5.74) is -1.90. The molecule has 2 amide bonds. The zero-order valence-electron chi connectivity index (χ0n) is 35.4. The van der Waals surface area contributed by atoms with E-state index in [0.717, 1.165) is 50.2 Å². The summed E-state index contributed by atoms with van der Waals surface area (Å²) in [6, 6.07) is 9.60. The molecule has 0 spiro atoms. The highest BCUT2D eigenvalue weighted by Crippen LogP contribution is 2.41. The topological polar surface area (TPSA) is 137 Å². The van der Waals surface area contributed by atoms with Crippen LogP contribution in [0.15, 0.2) is 67.0 Å². The molecule has 2 fully saturated rings. The number of amides is 2. The summed E-state index contributed by atoms with van der Waals surface area (Å²) in [6.07, 6.45) is -6.21. The highest BCUT2D eigenvalue weighted by Gasteiger charge is 2.56. The number of carbonyl (C=O) groups is 2. The number of nitrogens with one attached hydrogen (secondary N) is 3. The van der Waals surface area contributed by atoms with E-state index in [2.05, 4.69) is 42.2 Å². The Morgan fingerprint density at radius 2 is 1.55 bits per heavy atom. The molecule has 12 nitrogen and oxygen atoms in total. The maximum atomic E-state index is 15.1. The number of hydrogen-bond donors (Lipinski definition) is 4. The first kappa shape index (κ1) is 48.6. The van der Waals surface area contributed by atoms with E-state index in [4.69, 9.17) is 0 Å². The van der Waals surface area contributed by atoms with Crippen LogP contribution in [0.4, 0.5) is 50.1 Å². The molecule has 3 unspecified atom stereocenters. The van der Waals surface area contributed by atoms with Crippen molar-refractivity contribution >= 4 is 17.8 Å². The molecule has 2 aliphatic heterocycles. The molecule has 4 N–H and O–H groups in total. The van der Waals surface area contributed by atoms with Gasteiger partial charge in [-0.1, -0.05) is 24.0 Å². The summed E-state index contributed by atoms with van der Waals surface area (Å²) in [7, 11) is 0.903. The summed E-state index contributed by atoms with van der Waals surface area (Å²) in [6.45, 7) is -1.56. The number of methoxy groups -OCH3 is 1. The van der Waals surface area contributed by atoms with Crippen molar-refractivity contribution < 1.29 is 58.9 Å². The van der Waals surface area contributed by atoms with Gasteiger partial charge in [-0.2, -0.15) is 27.1 Å². The first-order valence-electron chi connectivity index (χ1n) is 20.5. The summed E-state index contributed by atoms with van der Waals surface area (Å²) in [4.78, 5) is 34.3. The van der Waals surface area contributed by atoms with E-state index in [0.29, 0.717) is 48.3 Å². The van der Waals surface area contributed by atoms with Gasteiger partial charge in [-0.3, -0.25) is 9.69 Å². The van der Waals surface area contributed by atoms with E-state index in [-0.39, 0.29) is 36.3 Å². The molecule has 6 rings (SSSR count).